The highest BCUT2D eigenvalue weighted by molar-refractivity contribution is 7.89. The first-order valence-corrected chi connectivity index (χ1v) is 17.4. The average molecular weight is 667 g/mol. The van der Waals surface area contributed by atoms with Crippen LogP contribution in [0.4, 0.5) is 10.6 Å². The molecule has 3 aromatic rings. The predicted octanol–water partition coefficient (Wildman–Crippen LogP) is 7.42. The first kappa shape index (κ1) is 37.6. The van der Waals surface area contributed by atoms with Gasteiger partial charge >= 0.3 is 12.1 Å². The van der Waals surface area contributed by atoms with Gasteiger partial charge in [-0.05, 0) is 88.8 Å². The van der Waals surface area contributed by atoms with Crippen LogP contribution in [0, 0.1) is 0 Å². The molecule has 11 heteroatoms. The van der Waals surface area contributed by atoms with Crippen molar-refractivity contribution in [2.24, 2.45) is 0 Å². The van der Waals surface area contributed by atoms with Crippen molar-refractivity contribution in [1.29, 1.82) is 0 Å². The highest BCUT2D eigenvalue weighted by Crippen LogP contribution is 2.30. The van der Waals surface area contributed by atoms with Crippen molar-refractivity contribution >= 4 is 27.9 Å². The van der Waals surface area contributed by atoms with E-state index in [4.69, 9.17) is 9.47 Å². The Labute approximate surface area is 280 Å². The lowest BCUT2D eigenvalue weighted by atomic mass is 9.80. The Hall–Kier alpha value is -3.83. The Morgan fingerprint density at radius 1 is 0.830 bits per heavy atom. The molecule has 3 rings (SSSR count). The molecule has 0 fully saturated rings. The monoisotopic (exact) mass is 666 g/mol. The molecule has 0 aliphatic carbocycles. The van der Waals surface area contributed by atoms with E-state index < -0.39 is 39.8 Å². The summed E-state index contributed by atoms with van der Waals surface area (Å²) >= 11 is 0. The van der Waals surface area contributed by atoms with Crippen LogP contribution in [0.5, 0.6) is 0 Å². The topological polar surface area (TPSA) is 119 Å². The quantitative estimate of drug-likeness (QED) is 0.173. The predicted molar refractivity (Wildman–Crippen MR) is 183 cm³/mol. The van der Waals surface area contributed by atoms with E-state index in [-0.39, 0.29) is 29.2 Å². The Bertz CT molecular complexity index is 1590. The van der Waals surface area contributed by atoms with Gasteiger partial charge in [0.05, 0.1) is 12.2 Å². The van der Waals surface area contributed by atoms with E-state index >= 15 is 0 Å². The van der Waals surface area contributed by atoms with Crippen molar-refractivity contribution in [1.82, 2.24) is 14.3 Å². The molecule has 0 unspecified atom stereocenters. The molecular formula is C36H50N4O6S. The minimum absolute atomic E-state index is 0.000310. The third-order valence-corrected chi connectivity index (χ3v) is 9.03. The molecular weight excluding hydrogens is 616 g/mol. The van der Waals surface area contributed by atoms with Crippen molar-refractivity contribution in [3.05, 3.63) is 83.8 Å². The van der Waals surface area contributed by atoms with Crippen LogP contribution in [0.25, 0.3) is 0 Å². The fraction of sp³-hybridized carbons (Fsp3) is 0.500. The Morgan fingerprint density at radius 2 is 1.49 bits per heavy atom. The van der Waals surface area contributed by atoms with Gasteiger partial charge in [0.1, 0.15) is 28.5 Å². The summed E-state index contributed by atoms with van der Waals surface area (Å²) in [5.41, 5.74) is 0.763. The van der Waals surface area contributed by atoms with Gasteiger partial charge in [0.25, 0.3) is 0 Å². The van der Waals surface area contributed by atoms with Crippen molar-refractivity contribution in [2.75, 3.05) is 11.4 Å². The van der Waals surface area contributed by atoms with E-state index in [9.17, 15) is 18.0 Å². The van der Waals surface area contributed by atoms with Crippen LogP contribution in [0.1, 0.15) is 98.4 Å². The second-order valence-corrected chi connectivity index (χ2v) is 16.2. The van der Waals surface area contributed by atoms with E-state index in [1.54, 1.807) is 65.8 Å². The van der Waals surface area contributed by atoms with E-state index in [2.05, 4.69) is 42.9 Å². The largest absolute Gasteiger partial charge is 0.459 e. The third-order valence-electron chi connectivity index (χ3n) is 7.25. The van der Waals surface area contributed by atoms with E-state index in [1.807, 2.05) is 12.1 Å². The second kappa shape index (κ2) is 15.4. The zero-order chi connectivity index (χ0) is 35.0. The first-order chi connectivity index (χ1) is 21.8. The number of nitrogens with zero attached hydrogens (tertiary/aromatic N) is 4. The summed E-state index contributed by atoms with van der Waals surface area (Å²) < 4.78 is 40.3. The minimum atomic E-state index is -4.01. The summed E-state index contributed by atoms with van der Waals surface area (Å²) in [4.78, 5) is 35.9. The van der Waals surface area contributed by atoms with Gasteiger partial charge in [0.2, 0.25) is 10.0 Å². The summed E-state index contributed by atoms with van der Waals surface area (Å²) in [5.74, 6) is -0.516. The molecule has 0 radical (unpaired) electrons. The fourth-order valence-corrected chi connectivity index (χ4v) is 6.21. The highest BCUT2D eigenvalue weighted by Gasteiger charge is 2.30. The lowest BCUT2D eigenvalue weighted by Gasteiger charge is -2.28. The van der Waals surface area contributed by atoms with Crippen molar-refractivity contribution in [3.63, 3.8) is 0 Å². The molecule has 256 valence electrons. The highest BCUT2D eigenvalue weighted by atomic mass is 32.2. The van der Waals surface area contributed by atoms with Gasteiger partial charge < -0.3 is 9.47 Å². The summed E-state index contributed by atoms with van der Waals surface area (Å²) in [5, 5.41) is 0. The van der Waals surface area contributed by atoms with Crippen LogP contribution < -0.4 is 4.90 Å². The van der Waals surface area contributed by atoms with E-state index in [1.165, 1.54) is 28.3 Å². The van der Waals surface area contributed by atoms with Crippen LogP contribution in [0.2, 0.25) is 0 Å². The van der Waals surface area contributed by atoms with Crippen molar-refractivity contribution < 1.29 is 27.5 Å². The number of amides is 1. The molecule has 10 nitrogen and oxygen atoms in total. The smallest absolute Gasteiger partial charge is 0.416 e. The number of esters is 1. The molecule has 0 aliphatic heterocycles. The normalized spacial score (nSPS) is 12.6. The number of ether oxygens (including phenoxy) is 2. The minimum Gasteiger partial charge on any atom is -0.459 e. The van der Waals surface area contributed by atoms with Crippen molar-refractivity contribution in [3.8, 4) is 0 Å². The van der Waals surface area contributed by atoms with Crippen LogP contribution in [-0.4, -0.2) is 52.5 Å². The van der Waals surface area contributed by atoms with E-state index in [0.717, 1.165) is 29.7 Å². The lowest BCUT2D eigenvalue weighted by molar-refractivity contribution is -0.153. The number of hydrogen-bond donors (Lipinski definition) is 0. The number of carbonyl (C=O) groups is 2. The van der Waals surface area contributed by atoms with Gasteiger partial charge in [-0.25, -0.2) is 18.2 Å². The zero-order valence-corrected chi connectivity index (χ0v) is 30.1. The molecule has 0 spiro atoms. The van der Waals surface area contributed by atoms with Gasteiger partial charge in [-0.2, -0.15) is 4.31 Å². The number of carbonyl (C=O) groups excluding carboxylic acids is 2. The maximum absolute atomic E-state index is 14.0. The molecule has 0 saturated carbocycles. The molecule has 0 bridgehead atoms. The van der Waals surface area contributed by atoms with Crippen LogP contribution in [0.15, 0.2) is 71.9 Å². The molecule has 47 heavy (non-hydrogen) atoms. The number of rotatable bonds is 13. The summed E-state index contributed by atoms with van der Waals surface area (Å²) in [6.07, 6.45) is 5.35. The molecule has 0 aliphatic rings. The van der Waals surface area contributed by atoms with Gasteiger partial charge in [-0.15, -0.1) is 0 Å². The number of aromatic nitrogens is 2. The molecule has 0 atom stereocenters. The summed E-state index contributed by atoms with van der Waals surface area (Å²) in [6.45, 7) is 16.5. The number of anilines is 1. The number of hydrogen-bond acceptors (Lipinski definition) is 8. The molecule has 1 aromatic carbocycles. The lowest BCUT2D eigenvalue weighted by Crippen LogP contribution is -2.42. The number of unbranched alkanes of at least 4 members (excludes halogenated alkanes) is 1. The Kier molecular flexibility index (Phi) is 12.3. The SMILES string of the molecule is CCCCC(C)(C)c1ccc(CN(Cc2cccc(N(CC(=O)OC(C)(C)C)C(=O)OC(C)(C)C)n2)S(=O)(=O)c2cccnc2)cc1. The maximum Gasteiger partial charge on any atom is 0.416 e. The molecule has 2 aromatic heterocycles. The summed E-state index contributed by atoms with van der Waals surface area (Å²) in [7, 11) is -4.01. The molecule has 1 amide bonds. The van der Waals surface area contributed by atoms with Crippen molar-refractivity contribution in [2.45, 2.75) is 116 Å². The van der Waals surface area contributed by atoms with Crippen LogP contribution >= 0.6 is 0 Å². The average Bonchev–Trinajstić information content (AvgIpc) is 2.97. The van der Waals surface area contributed by atoms with Gasteiger partial charge in [-0.1, -0.05) is 63.9 Å². The number of pyridine rings is 2. The van der Waals surface area contributed by atoms with Crippen LogP contribution in [0.3, 0.4) is 0 Å². The summed E-state index contributed by atoms with van der Waals surface area (Å²) in [6, 6.07) is 16.0. The standard InChI is InChI=1S/C36H50N4O6S/c1-10-11-21-36(8,9)28-19-17-27(18-20-28)24-39(47(43,44)30-15-13-22-37-23-30)25-29-14-12-16-31(38-29)40(33(42)46-35(5,6)7)26-32(41)45-34(2,3)4/h12-20,22-23H,10-11,21,24-26H2,1-9H3. The van der Waals surface area contributed by atoms with E-state index in [0.29, 0.717) is 5.69 Å². The van der Waals surface area contributed by atoms with Crippen LogP contribution in [-0.2, 0) is 42.8 Å². The Morgan fingerprint density at radius 3 is 2.06 bits per heavy atom. The van der Waals surface area contributed by atoms with Gasteiger partial charge in [0.15, 0.2) is 0 Å². The zero-order valence-electron chi connectivity index (χ0n) is 29.2. The third kappa shape index (κ3) is 11.4. The second-order valence-electron chi connectivity index (χ2n) is 14.3. The molecule has 0 saturated heterocycles. The number of benzene rings is 1. The van der Waals surface area contributed by atoms with Gasteiger partial charge in [0, 0.05) is 18.9 Å². The fourth-order valence-electron chi connectivity index (χ4n) is 4.85. The van der Waals surface area contributed by atoms with Gasteiger partial charge in [-0.3, -0.25) is 14.7 Å². The first-order valence-electron chi connectivity index (χ1n) is 16.0. The number of sulfonamides is 1. The maximum atomic E-state index is 14.0. The Balaban J connectivity index is 1.98. The molecule has 0 N–H and O–H groups in total. The molecule has 2 heterocycles.